The van der Waals surface area contributed by atoms with Gasteiger partial charge in [0.2, 0.25) is 5.88 Å². The lowest BCUT2D eigenvalue weighted by atomic mass is 10.1. The second-order valence-electron chi connectivity index (χ2n) is 6.84. The molecule has 0 saturated carbocycles. The van der Waals surface area contributed by atoms with Crippen molar-refractivity contribution in [1.82, 2.24) is 24.6 Å². The van der Waals surface area contributed by atoms with Crippen molar-refractivity contribution in [3.63, 3.8) is 0 Å². The number of hydrogen-bond donors (Lipinski definition) is 1. The Morgan fingerprint density at radius 2 is 1.93 bits per heavy atom. The minimum absolute atomic E-state index is 0.208. The maximum absolute atomic E-state index is 10.6. The molecule has 5 rings (SSSR count). The molecule has 0 fully saturated rings. The molecule has 0 bridgehead atoms. The predicted molar refractivity (Wildman–Crippen MR) is 103 cm³/mol. The lowest BCUT2D eigenvalue weighted by Gasteiger charge is -2.25. The summed E-state index contributed by atoms with van der Waals surface area (Å²) in [5.41, 5.74) is 4.13. The van der Waals surface area contributed by atoms with Crippen LogP contribution in [0.1, 0.15) is 16.8 Å². The molecule has 1 aliphatic rings. The Hall–Kier alpha value is -3.25. The van der Waals surface area contributed by atoms with Crippen molar-refractivity contribution in [2.75, 3.05) is 6.54 Å². The molecule has 4 heterocycles. The van der Waals surface area contributed by atoms with Gasteiger partial charge in [-0.05, 0) is 42.3 Å². The third kappa shape index (κ3) is 2.94. The maximum atomic E-state index is 10.6. The Balaban J connectivity index is 1.39. The van der Waals surface area contributed by atoms with Crippen molar-refractivity contribution < 1.29 is 5.11 Å². The lowest BCUT2D eigenvalue weighted by molar-refractivity contribution is 0.241. The normalized spacial score (nSPS) is 14.4. The fraction of sp³-hybridized carbons (Fsp3) is 0.190. The van der Waals surface area contributed by atoms with E-state index in [0.717, 1.165) is 41.7 Å². The molecule has 0 saturated heterocycles. The van der Waals surface area contributed by atoms with Crippen LogP contribution in [0, 0.1) is 0 Å². The zero-order valence-corrected chi connectivity index (χ0v) is 14.8. The van der Waals surface area contributed by atoms with Gasteiger partial charge >= 0.3 is 0 Å². The van der Waals surface area contributed by atoms with E-state index in [1.165, 1.54) is 10.2 Å². The number of hydrogen-bond acceptors (Lipinski definition) is 5. The first kappa shape index (κ1) is 16.0. The van der Waals surface area contributed by atoms with Gasteiger partial charge in [0.1, 0.15) is 0 Å². The van der Waals surface area contributed by atoms with Crippen LogP contribution in [-0.2, 0) is 19.5 Å². The van der Waals surface area contributed by atoms with Crippen LogP contribution in [-0.4, -0.2) is 36.3 Å². The Morgan fingerprint density at radius 1 is 1.00 bits per heavy atom. The molecule has 0 spiro atoms. The fourth-order valence-electron chi connectivity index (χ4n) is 3.68. The molecule has 1 aliphatic heterocycles. The van der Waals surface area contributed by atoms with Crippen LogP contribution >= 0.6 is 0 Å². The summed E-state index contributed by atoms with van der Waals surface area (Å²) in [4.78, 5) is 11.0. The van der Waals surface area contributed by atoms with Gasteiger partial charge in [0.05, 0.1) is 11.2 Å². The molecular formula is C21H19N5O. The first-order valence-electron chi connectivity index (χ1n) is 9.05. The average Bonchev–Trinajstić information content (AvgIpc) is 3.04. The summed E-state index contributed by atoms with van der Waals surface area (Å²) < 4.78 is 1.54. The molecule has 0 atom stereocenters. The standard InChI is InChI=1S/C21H19N5O/c27-21-17-8-11-25(13-15-6-7-18-16(12-15)4-3-10-22-18)14-19(17)24-26(21)20-5-1-2-9-23-20/h1-7,9-10,12,27H,8,11,13-14H2. The number of nitrogens with zero attached hydrogens (tertiary/aromatic N) is 5. The second-order valence-corrected chi connectivity index (χ2v) is 6.84. The van der Waals surface area contributed by atoms with Crippen LogP contribution in [0.4, 0.5) is 0 Å². The number of pyridine rings is 2. The lowest BCUT2D eigenvalue weighted by Crippen LogP contribution is -2.29. The quantitative estimate of drug-likeness (QED) is 0.610. The Morgan fingerprint density at radius 3 is 2.81 bits per heavy atom. The molecule has 1 aromatic carbocycles. The van der Waals surface area contributed by atoms with E-state index in [0.29, 0.717) is 12.4 Å². The molecule has 134 valence electrons. The summed E-state index contributed by atoms with van der Waals surface area (Å²) >= 11 is 0. The van der Waals surface area contributed by atoms with Crippen molar-refractivity contribution in [1.29, 1.82) is 0 Å². The summed E-state index contributed by atoms with van der Waals surface area (Å²) in [5, 5.41) is 16.3. The SMILES string of the molecule is Oc1c2c(nn1-c1ccccn1)CN(Cc1ccc3ncccc3c1)CC2. The number of benzene rings is 1. The van der Waals surface area contributed by atoms with Crippen LogP contribution in [0.5, 0.6) is 5.88 Å². The minimum Gasteiger partial charge on any atom is -0.493 e. The van der Waals surface area contributed by atoms with E-state index in [1.54, 1.807) is 6.20 Å². The molecular weight excluding hydrogens is 338 g/mol. The van der Waals surface area contributed by atoms with Gasteiger partial charge in [-0.3, -0.25) is 9.88 Å². The second kappa shape index (κ2) is 6.48. The number of aromatic hydroxyl groups is 1. The van der Waals surface area contributed by atoms with E-state index >= 15 is 0 Å². The van der Waals surface area contributed by atoms with Crippen molar-refractivity contribution in [2.24, 2.45) is 0 Å². The molecule has 0 aliphatic carbocycles. The van der Waals surface area contributed by atoms with E-state index < -0.39 is 0 Å². The molecule has 6 heteroatoms. The number of aromatic nitrogens is 4. The van der Waals surface area contributed by atoms with Crippen molar-refractivity contribution in [3.8, 4) is 11.7 Å². The monoisotopic (exact) mass is 357 g/mol. The molecule has 0 amide bonds. The smallest absolute Gasteiger partial charge is 0.219 e. The van der Waals surface area contributed by atoms with Gasteiger partial charge in [0, 0.05) is 43.0 Å². The van der Waals surface area contributed by atoms with Gasteiger partial charge in [-0.25, -0.2) is 4.98 Å². The third-order valence-corrected chi connectivity index (χ3v) is 5.03. The summed E-state index contributed by atoms with van der Waals surface area (Å²) in [5.74, 6) is 0.845. The largest absolute Gasteiger partial charge is 0.493 e. The molecule has 27 heavy (non-hydrogen) atoms. The van der Waals surface area contributed by atoms with E-state index in [1.807, 2.05) is 30.5 Å². The minimum atomic E-state index is 0.208. The molecule has 1 N–H and O–H groups in total. The van der Waals surface area contributed by atoms with Crippen LogP contribution in [0.2, 0.25) is 0 Å². The van der Waals surface area contributed by atoms with Crippen LogP contribution < -0.4 is 0 Å². The van der Waals surface area contributed by atoms with E-state index in [4.69, 9.17) is 0 Å². The molecule has 4 aromatic rings. The third-order valence-electron chi connectivity index (χ3n) is 5.03. The van der Waals surface area contributed by atoms with Crippen molar-refractivity contribution >= 4 is 10.9 Å². The van der Waals surface area contributed by atoms with Gasteiger partial charge in [-0.15, -0.1) is 0 Å². The van der Waals surface area contributed by atoms with Gasteiger partial charge in [0.25, 0.3) is 0 Å². The fourth-order valence-corrected chi connectivity index (χ4v) is 3.68. The van der Waals surface area contributed by atoms with E-state index in [2.05, 4.69) is 44.2 Å². The van der Waals surface area contributed by atoms with Crippen molar-refractivity contribution in [3.05, 3.63) is 77.7 Å². The summed E-state index contributed by atoms with van der Waals surface area (Å²) in [7, 11) is 0. The predicted octanol–water partition coefficient (Wildman–Crippen LogP) is 3.08. The summed E-state index contributed by atoms with van der Waals surface area (Å²) in [6.07, 6.45) is 4.30. The molecule has 3 aromatic heterocycles. The van der Waals surface area contributed by atoms with E-state index in [-0.39, 0.29) is 5.88 Å². The highest BCUT2D eigenvalue weighted by atomic mass is 16.3. The van der Waals surface area contributed by atoms with Crippen molar-refractivity contribution in [2.45, 2.75) is 19.5 Å². The molecule has 0 unspecified atom stereocenters. The molecule has 6 nitrogen and oxygen atoms in total. The van der Waals surface area contributed by atoms with Crippen LogP contribution in [0.25, 0.3) is 16.7 Å². The van der Waals surface area contributed by atoms with E-state index in [9.17, 15) is 5.11 Å². The first-order valence-corrected chi connectivity index (χ1v) is 9.05. The topological polar surface area (TPSA) is 67.1 Å². The highest BCUT2D eigenvalue weighted by molar-refractivity contribution is 5.78. The first-order chi connectivity index (χ1) is 13.3. The van der Waals surface area contributed by atoms with Crippen LogP contribution in [0.15, 0.2) is 60.9 Å². The Bertz CT molecular complexity index is 1110. The highest BCUT2D eigenvalue weighted by Crippen LogP contribution is 2.29. The Kier molecular flexibility index (Phi) is 3.83. The van der Waals surface area contributed by atoms with Gasteiger partial charge in [0.15, 0.2) is 5.82 Å². The van der Waals surface area contributed by atoms with Gasteiger partial charge in [-0.2, -0.15) is 9.78 Å². The average molecular weight is 357 g/mol. The zero-order chi connectivity index (χ0) is 18.2. The molecule has 0 radical (unpaired) electrons. The maximum Gasteiger partial charge on any atom is 0.219 e. The number of fused-ring (bicyclic) bond motifs is 2. The Labute approximate surface area is 156 Å². The van der Waals surface area contributed by atoms with Gasteiger partial charge in [-0.1, -0.05) is 18.2 Å². The summed E-state index contributed by atoms with van der Waals surface area (Å²) in [6, 6.07) is 16.0. The van der Waals surface area contributed by atoms with Gasteiger partial charge < -0.3 is 5.11 Å². The highest BCUT2D eigenvalue weighted by Gasteiger charge is 2.25. The van der Waals surface area contributed by atoms with Crippen LogP contribution in [0.3, 0.4) is 0 Å². The number of rotatable bonds is 3. The summed E-state index contributed by atoms with van der Waals surface area (Å²) in [6.45, 7) is 2.45. The zero-order valence-electron chi connectivity index (χ0n) is 14.8.